The first-order valence-corrected chi connectivity index (χ1v) is 8.68. The van der Waals surface area contributed by atoms with E-state index in [9.17, 15) is 14.7 Å². The molecule has 22 heavy (non-hydrogen) atoms. The third kappa shape index (κ3) is 4.08. The van der Waals surface area contributed by atoms with Gasteiger partial charge in [0, 0.05) is 32.7 Å². The molecular formula is C16H24N2O3S. The molecular weight excluding hydrogens is 300 g/mol. The summed E-state index contributed by atoms with van der Waals surface area (Å²) in [6.07, 6.45) is 2.98. The first-order valence-electron chi connectivity index (χ1n) is 7.80. The number of rotatable bonds is 6. The summed E-state index contributed by atoms with van der Waals surface area (Å²) in [6, 6.07) is 3.60. The van der Waals surface area contributed by atoms with Crippen molar-refractivity contribution in [3.8, 4) is 0 Å². The second-order valence-electron chi connectivity index (χ2n) is 5.88. The first kappa shape index (κ1) is 17.0. The molecule has 0 aromatic carbocycles. The Bertz CT molecular complexity index is 487. The predicted octanol–water partition coefficient (Wildman–Crippen LogP) is 1.88. The highest BCUT2D eigenvalue weighted by Crippen LogP contribution is 2.34. The molecule has 2 heterocycles. The van der Waals surface area contributed by atoms with Crippen molar-refractivity contribution in [2.75, 3.05) is 26.2 Å². The van der Waals surface area contributed by atoms with E-state index < -0.39 is 0 Å². The third-order valence-electron chi connectivity index (χ3n) is 4.63. The molecule has 6 heteroatoms. The fraction of sp³-hybridized carbons (Fsp3) is 0.625. The number of piperidine rings is 1. The summed E-state index contributed by atoms with van der Waals surface area (Å²) in [7, 11) is 0. The Morgan fingerprint density at radius 1 is 1.41 bits per heavy atom. The SMILES string of the molecule is CCC1(CO)CCN(C(=O)CCNC(=O)c2cccs2)CC1. The average molecular weight is 324 g/mol. The summed E-state index contributed by atoms with van der Waals surface area (Å²) in [4.78, 5) is 26.5. The number of carbonyl (C=O) groups excluding carboxylic acids is 2. The number of carbonyl (C=O) groups is 2. The van der Waals surface area contributed by atoms with Gasteiger partial charge >= 0.3 is 0 Å². The Labute approximate surface area is 135 Å². The number of aliphatic hydroxyl groups is 1. The highest BCUT2D eigenvalue weighted by atomic mass is 32.1. The normalized spacial score (nSPS) is 17.3. The Hall–Kier alpha value is -1.40. The van der Waals surface area contributed by atoms with Gasteiger partial charge in [-0.25, -0.2) is 0 Å². The molecule has 122 valence electrons. The topological polar surface area (TPSA) is 69.6 Å². The second-order valence-corrected chi connectivity index (χ2v) is 6.82. The summed E-state index contributed by atoms with van der Waals surface area (Å²) in [6.45, 7) is 4.05. The number of nitrogens with zero attached hydrogens (tertiary/aromatic N) is 1. The Kier molecular flexibility index (Phi) is 5.97. The van der Waals surface area contributed by atoms with Gasteiger partial charge in [0.2, 0.25) is 5.91 Å². The van der Waals surface area contributed by atoms with Gasteiger partial charge in [-0.3, -0.25) is 9.59 Å². The van der Waals surface area contributed by atoms with E-state index in [1.54, 1.807) is 6.07 Å². The Morgan fingerprint density at radius 3 is 2.68 bits per heavy atom. The quantitative estimate of drug-likeness (QED) is 0.839. The summed E-state index contributed by atoms with van der Waals surface area (Å²) in [5, 5.41) is 14.1. The van der Waals surface area contributed by atoms with Gasteiger partial charge < -0.3 is 15.3 Å². The van der Waals surface area contributed by atoms with Crippen LogP contribution in [0.4, 0.5) is 0 Å². The molecule has 2 rings (SSSR count). The molecule has 1 aliphatic heterocycles. The van der Waals surface area contributed by atoms with Crippen LogP contribution >= 0.6 is 11.3 Å². The number of aliphatic hydroxyl groups excluding tert-OH is 1. The molecule has 0 spiro atoms. The van der Waals surface area contributed by atoms with Gasteiger partial charge in [0.1, 0.15) is 0 Å². The van der Waals surface area contributed by atoms with Crippen LogP contribution in [0.15, 0.2) is 17.5 Å². The van der Waals surface area contributed by atoms with Crippen LogP contribution in [0.1, 0.15) is 42.3 Å². The Morgan fingerprint density at radius 2 is 2.14 bits per heavy atom. The van der Waals surface area contributed by atoms with Crippen molar-refractivity contribution in [3.05, 3.63) is 22.4 Å². The minimum Gasteiger partial charge on any atom is -0.396 e. The van der Waals surface area contributed by atoms with Crippen LogP contribution in [0, 0.1) is 5.41 Å². The highest BCUT2D eigenvalue weighted by molar-refractivity contribution is 7.12. The molecule has 0 bridgehead atoms. The van der Waals surface area contributed by atoms with E-state index in [2.05, 4.69) is 12.2 Å². The molecule has 0 saturated carbocycles. The van der Waals surface area contributed by atoms with Crippen LogP contribution in [-0.2, 0) is 4.79 Å². The van der Waals surface area contributed by atoms with E-state index in [-0.39, 0.29) is 23.8 Å². The molecule has 1 aromatic heterocycles. The molecule has 0 radical (unpaired) electrons. The van der Waals surface area contributed by atoms with Crippen molar-refractivity contribution in [3.63, 3.8) is 0 Å². The molecule has 1 fully saturated rings. The van der Waals surface area contributed by atoms with Gasteiger partial charge in [0.15, 0.2) is 0 Å². The van der Waals surface area contributed by atoms with E-state index in [4.69, 9.17) is 0 Å². The van der Waals surface area contributed by atoms with E-state index in [0.717, 1.165) is 19.3 Å². The fourth-order valence-electron chi connectivity index (χ4n) is 2.79. The number of likely N-dealkylation sites (tertiary alicyclic amines) is 1. The minimum atomic E-state index is -0.119. The highest BCUT2D eigenvalue weighted by Gasteiger charge is 2.33. The standard InChI is InChI=1S/C16H24N2O3S/c1-2-16(12-19)6-9-18(10-7-16)14(20)5-8-17-15(21)13-4-3-11-22-13/h3-4,11,19H,2,5-10,12H2,1H3,(H,17,21). The van der Waals surface area contributed by atoms with Gasteiger partial charge in [0.05, 0.1) is 4.88 Å². The second kappa shape index (κ2) is 7.74. The lowest BCUT2D eigenvalue weighted by molar-refractivity contribution is -0.134. The van der Waals surface area contributed by atoms with Gasteiger partial charge in [-0.1, -0.05) is 13.0 Å². The lowest BCUT2D eigenvalue weighted by Gasteiger charge is -2.40. The lowest BCUT2D eigenvalue weighted by Crippen LogP contribution is -2.45. The Balaban J connectivity index is 1.71. The van der Waals surface area contributed by atoms with Gasteiger partial charge in [0.25, 0.3) is 5.91 Å². The lowest BCUT2D eigenvalue weighted by atomic mass is 9.77. The zero-order chi connectivity index (χ0) is 16.0. The van der Waals surface area contributed by atoms with Crippen molar-refractivity contribution in [2.24, 2.45) is 5.41 Å². The van der Waals surface area contributed by atoms with Crippen LogP contribution in [-0.4, -0.2) is 48.1 Å². The number of hydrogen-bond acceptors (Lipinski definition) is 4. The van der Waals surface area contributed by atoms with Crippen LogP contribution in [0.5, 0.6) is 0 Å². The van der Waals surface area contributed by atoms with Crippen molar-refractivity contribution in [1.82, 2.24) is 10.2 Å². The minimum absolute atomic E-state index is 0.00975. The van der Waals surface area contributed by atoms with E-state index >= 15 is 0 Å². The largest absolute Gasteiger partial charge is 0.396 e. The monoisotopic (exact) mass is 324 g/mol. The molecule has 1 aromatic rings. The van der Waals surface area contributed by atoms with Crippen molar-refractivity contribution in [1.29, 1.82) is 0 Å². The summed E-state index contributed by atoms with van der Waals surface area (Å²) >= 11 is 1.39. The van der Waals surface area contributed by atoms with Crippen molar-refractivity contribution >= 4 is 23.2 Å². The average Bonchev–Trinajstić information content (AvgIpc) is 3.09. The fourth-order valence-corrected chi connectivity index (χ4v) is 3.43. The van der Waals surface area contributed by atoms with E-state index in [1.807, 2.05) is 16.3 Å². The molecule has 2 amide bonds. The number of thiophene rings is 1. The number of nitrogens with one attached hydrogen (secondary N) is 1. The van der Waals surface area contributed by atoms with Crippen molar-refractivity contribution in [2.45, 2.75) is 32.6 Å². The first-order chi connectivity index (χ1) is 10.6. The smallest absolute Gasteiger partial charge is 0.261 e. The van der Waals surface area contributed by atoms with Crippen LogP contribution in [0.25, 0.3) is 0 Å². The molecule has 0 atom stereocenters. The third-order valence-corrected chi connectivity index (χ3v) is 5.50. The molecule has 1 saturated heterocycles. The van der Waals surface area contributed by atoms with Gasteiger partial charge in [-0.2, -0.15) is 0 Å². The zero-order valence-electron chi connectivity index (χ0n) is 13.0. The predicted molar refractivity (Wildman–Crippen MR) is 86.9 cm³/mol. The molecule has 0 aliphatic carbocycles. The van der Waals surface area contributed by atoms with Crippen LogP contribution in [0.3, 0.4) is 0 Å². The van der Waals surface area contributed by atoms with Crippen molar-refractivity contribution < 1.29 is 14.7 Å². The summed E-state index contributed by atoms with van der Waals surface area (Å²) in [5.41, 5.74) is -0.00975. The summed E-state index contributed by atoms with van der Waals surface area (Å²) in [5.74, 6) is -0.0409. The number of amides is 2. The molecule has 0 unspecified atom stereocenters. The van der Waals surface area contributed by atoms with Crippen LogP contribution in [0.2, 0.25) is 0 Å². The number of hydrogen-bond donors (Lipinski definition) is 2. The maximum Gasteiger partial charge on any atom is 0.261 e. The van der Waals surface area contributed by atoms with E-state index in [1.165, 1.54) is 11.3 Å². The van der Waals surface area contributed by atoms with E-state index in [0.29, 0.717) is 30.9 Å². The van der Waals surface area contributed by atoms with Gasteiger partial charge in [-0.05, 0) is 36.1 Å². The molecule has 1 aliphatic rings. The maximum absolute atomic E-state index is 12.2. The van der Waals surface area contributed by atoms with Gasteiger partial charge in [-0.15, -0.1) is 11.3 Å². The molecule has 5 nitrogen and oxygen atoms in total. The summed E-state index contributed by atoms with van der Waals surface area (Å²) < 4.78 is 0. The van der Waals surface area contributed by atoms with Crippen LogP contribution < -0.4 is 5.32 Å². The zero-order valence-corrected chi connectivity index (χ0v) is 13.8. The maximum atomic E-state index is 12.2. The molecule has 2 N–H and O–H groups in total.